The van der Waals surface area contributed by atoms with Gasteiger partial charge in [0.25, 0.3) is 0 Å². The Morgan fingerprint density at radius 2 is 1.90 bits per heavy atom. The molecule has 20 heavy (non-hydrogen) atoms. The molecule has 3 rings (SSSR count). The monoisotopic (exact) mass is 275 g/mol. The second-order valence-electron chi connectivity index (χ2n) is 6.23. The van der Waals surface area contributed by atoms with Crippen molar-refractivity contribution in [1.82, 2.24) is 0 Å². The van der Waals surface area contributed by atoms with Crippen LogP contribution in [0.15, 0.2) is 18.2 Å². The van der Waals surface area contributed by atoms with E-state index in [1.165, 1.54) is 37.7 Å². The van der Waals surface area contributed by atoms with Crippen molar-refractivity contribution in [3.05, 3.63) is 23.8 Å². The maximum atomic E-state index is 6.13. The highest BCUT2D eigenvalue weighted by atomic mass is 16.5. The van der Waals surface area contributed by atoms with E-state index in [0.717, 1.165) is 30.9 Å². The first kappa shape index (κ1) is 13.7. The van der Waals surface area contributed by atoms with Crippen molar-refractivity contribution in [2.75, 3.05) is 13.7 Å². The van der Waals surface area contributed by atoms with E-state index in [4.69, 9.17) is 15.2 Å². The molecular formula is C17H25NO2. The summed E-state index contributed by atoms with van der Waals surface area (Å²) in [4.78, 5) is 0. The molecule has 0 aromatic heterocycles. The third-order valence-electron chi connectivity index (χ3n) is 4.80. The summed E-state index contributed by atoms with van der Waals surface area (Å²) in [7, 11) is 1.70. The molecule has 0 heterocycles. The summed E-state index contributed by atoms with van der Waals surface area (Å²) in [5.74, 6) is 1.73. The standard InChI is InChI=1S/C17H25NO2/c1-19-15-8-5-13(11-16(15)20-14-6-7-14)17(12-18)9-3-2-4-10-17/h5,8,11,14H,2-4,6-7,9-10,12,18H2,1H3. The molecule has 3 heteroatoms. The SMILES string of the molecule is COc1ccc(C2(CN)CCCCC2)cc1OC1CC1. The molecule has 0 radical (unpaired) electrons. The maximum Gasteiger partial charge on any atom is 0.161 e. The maximum absolute atomic E-state index is 6.13. The Morgan fingerprint density at radius 1 is 1.15 bits per heavy atom. The van der Waals surface area contributed by atoms with Gasteiger partial charge in [0.1, 0.15) is 0 Å². The predicted octanol–water partition coefficient (Wildman–Crippen LogP) is 3.40. The molecule has 1 aromatic rings. The Labute approximate surface area is 121 Å². The van der Waals surface area contributed by atoms with Gasteiger partial charge < -0.3 is 15.2 Å². The third kappa shape index (κ3) is 2.64. The summed E-state index contributed by atoms with van der Waals surface area (Å²) in [5, 5.41) is 0. The quantitative estimate of drug-likeness (QED) is 0.895. The molecular weight excluding hydrogens is 250 g/mol. The van der Waals surface area contributed by atoms with Crippen LogP contribution in [0.2, 0.25) is 0 Å². The van der Waals surface area contributed by atoms with Crippen molar-refractivity contribution in [2.24, 2.45) is 5.73 Å². The number of nitrogens with two attached hydrogens (primary N) is 1. The minimum absolute atomic E-state index is 0.145. The largest absolute Gasteiger partial charge is 0.493 e. The van der Waals surface area contributed by atoms with Crippen LogP contribution in [0.25, 0.3) is 0 Å². The molecule has 0 amide bonds. The second-order valence-corrected chi connectivity index (χ2v) is 6.23. The van der Waals surface area contributed by atoms with Gasteiger partial charge in [-0.05, 0) is 43.4 Å². The third-order valence-corrected chi connectivity index (χ3v) is 4.80. The molecule has 2 aliphatic carbocycles. The van der Waals surface area contributed by atoms with Gasteiger partial charge in [0, 0.05) is 12.0 Å². The van der Waals surface area contributed by atoms with Crippen molar-refractivity contribution < 1.29 is 9.47 Å². The van der Waals surface area contributed by atoms with Crippen LogP contribution in [0, 0.1) is 0 Å². The fourth-order valence-corrected chi connectivity index (χ4v) is 3.30. The molecule has 0 atom stereocenters. The van der Waals surface area contributed by atoms with Crippen LogP contribution in [0.1, 0.15) is 50.5 Å². The molecule has 0 unspecified atom stereocenters. The minimum Gasteiger partial charge on any atom is -0.493 e. The fraction of sp³-hybridized carbons (Fsp3) is 0.647. The van der Waals surface area contributed by atoms with Gasteiger partial charge in [-0.15, -0.1) is 0 Å². The van der Waals surface area contributed by atoms with Gasteiger partial charge in [-0.25, -0.2) is 0 Å². The fourth-order valence-electron chi connectivity index (χ4n) is 3.30. The Bertz CT molecular complexity index is 462. The number of ether oxygens (including phenoxy) is 2. The molecule has 110 valence electrons. The van der Waals surface area contributed by atoms with Crippen LogP contribution in [0.5, 0.6) is 11.5 Å². The Hall–Kier alpha value is -1.22. The van der Waals surface area contributed by atoms with E-state index in [0.29, 0.717) is 6.10 Å². The zero-order chi connectivity index (χ0) is 14.0. The van der Waals surface area contributed by atoms with Gasteiger partial charge in [0.05, 0.1) is 13.2 Å². The van der Waals surface area contributed by atoms with E-state index >= 15 is 0 Å². The van der Waals surface area contributed by atoms with Gasteiger partial charge >= 0.3 is 0 Å². The van der Waals surface area contributed by atoms with Crippen molar-refractivity contribution in [1.29, 1.82) is 0 Å². The van der Waals surface area contributed by atoms with Crippen molar-refractivity contribution in [2.45, 2.75) is 56.5 Å². The lowest BCUT2D eigenvalue weighted by Gasteiger charge is -2.37. The van der Waals surface area contributed by atoms with Gasteiger partial charge in [-0.2, -0.15) is 0 Å². The van der Waals surface area contributed by atoms with Crippen LogP contribution in [0.4, 0.5) is 0 Å². The van der Waals surface area contributed by atoms with Gasteiger partial charge in [-0.3, -0.25) is 0 Å². The predicted molar refractivity (Wildman–Crippen MR) is 80.5 cm³/mol. The molecule has 0 spiro atoms. The Balaban J connectivity index is 1.91. The van der Waals surface area contributed by atoms with E-state index in [9.17, 15) is 0 Å². The second kappa shape index (κ2) is 5.65. The zero-order valence-electron chi connectivity index (χ0n) is 12.4. The Kier molecular flexibility index (Phi) is 3.88. The summed E-state index contributed by atoms with van der Waals surface area (Å²) in [5.41, 5.74) is 7.61. The summed E-state index contributed by atoms with van der Waals surface area (Å²) in [6.07, 6.45) is 9.00. The van der Waals surface area contributed by atoms with E-state index < -0.39 is 0 Å². The molecule has 1 aromatic carbocycles. The molecule has 2 N–H and O–H groups in total. The summed E-state index contributed by atoms with van der Waals surface area (Å²) < 4.78 is 11.4. The first-order chi connectivity index (χ1) is 9.77. The summed E-state index contributed by atoms with van der Waals surface area (Å²) in [6, 6.07) is 6.39. The van der Waals surface area contributed by atoms with Crippen molar-refractivity contribution in [3.63, 3.8) is 0 Å². The van der Waals surface area contributed by atoms with Crippen LogP contribution < -0.4 is 15.2 Å². The smallest absolute Gasteiger partial charge is 0.161 e. The minimum atomic E-state index is 0.145. The molecule has 0 aliphatic heterocycles. The first-order valence-corrected chi connectivity index (χ1v) is 7.83. The zero-order valence-corrected chi connectivity index (χ0v) is 12.4. The number of hydrogen-bond donors (Lipinski definition) is 1. The molecule has 3 nitrogen and oxygen atoms in total. The van der Waals surface area contributed by atoms with E-state index in [1.54, 1.807) is 7.11 Å². The highest BCUT2D eigenvalue weighted by Crippen LogP contribution is 2.42. The average molecular weight is 275 g/mol. The first-order valence-electron chi connectivity index (χ1n) is 7.83. The lowest BCUT2D eigenvalue weighted by Crippen LogP contribution is -2.37. The average Bonchev–Trinajstić information content (AvgIpc) is 3.32. The molecule has 0 bridgehead atoms. The van der Waals surface area contributed by atoms with Crippen LogP contribution >= 0.6 is 0 Å². The van der Waals surface area contributed by atoms with E-state index in [1.807, 2.05) is 6.07 Å². The highest BCUT2D eigenvalue weighted by Gasteiger charge is 2.33. The molecule has 2 fully saturated rings. The lowest BCUT2D eigenvalue weighted by atomic mass is 9.69. The molecule has 2 saturated carbocycles. The summed E-state index contributed by atoms with van der Waals surface area (Å²) in [6.45, 7) is 0.724. The van der Waals surface area contributed by atoms with Crippen LogP contribution in [-0.4, -0.2) is 19.8 Å². The van der Waals surface area contributed by atoms with Crippen molar-refractivity contribution in [3.8, 4) is 11.5 Å². The topological polar surface area (TPSA) is 44.5 Å². The van der Waals surface area contributed by atoms with E-state index in [2.05, 4.69) is 12.1 Å². The van der Waals surface area contributed by atoms with Crippen molar-refractivity contribution >= 4 is 0 Å². The highest BCUT2D eigenvalue weighted by molar-refractivity contribution is 5.46. The van der Waals surface area contributed by atoms with Crippen LogP contribution in [0.3, 0.4) is 0 Å². The van der Waals surface area contributed by atoms with Gasteiger partial charge in [0.15, 0.2) is 11.5 Å². The lowest BCUT2D eigenvalue weighted by molar-refractivity contribution is 0.275. The Morgan fingerprint density at radius 3 is 2.50 bits per heavy atom. The number of benzene rings is 1. The summed E-state index contributed by atoms with van der Waals surface area (Å²) >= 11 is 0. The normalized spacial score (nSPS) is 21.5. The number of rotatable bonds is 5. The molecule has 2 aliphatic rings. The van der Waals surface area contributed by atoms with Gasteiger partial charge in [0.2, 0.25) is 0 Å². The number of hydrogen-bond acceptors (Lipinski definition) is 3. The van der Waals surface area contributed by atoms with Crippen LogP contribution in [-0.2, 0) is 5.41 Å². The van der Waals surface area contributed by atoms with Gasteiger partial charge in [-0.1, -0.05) is 25.3 Å². The molecule has 0 saturated heterocycles. The van der Waals surface area contributed by atoms with E-state index in [-0.39, 0.29) is 5.41 Å². The number of methoxy groups -OCH3 is 1.